The van der Waals surface area contributed by atoms with Crippen LogP contribution in [0.1, 0.15) is 44.6 Å². The normalized spacial score (nSPS) is 12.1. The summed E-state index contributed by atoms with van der Waals surface area (Å²) < 4.78 is 0. The molecule has 0 aliphatic carbocycles. The van der Waals surface area contributed by atoms with Gasteiger partial charge in [-0.2, -0.15) is 0 Å². The highest BCUT2D eigenvalue weighted by Crippen LogP contribution is 2.21. The number of benzene rings is 1. The van der Waals surface area contributed by atoms with Gasteiger partial charge in [-0.15, -0.1) is 0 Å². The summed E-state index contributed by atoms with van der Waals surface area (Å²) in [5.74, 6) is 0.268. The summed E-state index contributed by atoms with van der Waals surface area (Å²) in [6, 6.07) is 7.23. The van der Waals surface area contributed by atoms with Crippen molar-refractivity contribution in [2.24, 2.45) is 11.5 Å². The first-order valence-corrected chi connectivity index (χ1v) is 6.64. The summed E-state index contributed by atoms with van der Waals surface area (Å²) in [5.41, 5.74) is 13.3. The summed E-state index contributed by atoms with van der Waals surface area (Å²) >= 11 is 0. The minimum atomic E-state index is -0.453. The average molecular weight is 248 g/mol. The molecule has 1 aromatic rings. The average Bonchev–Trinajstić information content (AvgIpc) is 2.35. The van der Waals surface area contributed by atoms with Crippen LogP contribution in [0.25, 0.3) is 6.08 Å². The second-order valence-electron chi connectivity index (χ2n) is 4.61. The minimum Gasteiger partial charge on any atom is -0.507 e. The molecule has 0 aromatic heterocycles. The van der Waals surface area contributed by atoms with Gasteiger partial charge in [-0.3, -0.25) is 0 Å². The number of phenols is 1. The van der Waals surface area contributed by atoms with E-state index in [2.05, 4.69) is 6.92 Å². The molecule has 0 atom stereocenters. The van der Waals surface area contributed by atoms with Crippen molar-refractivity contribution in [2.45, 2.75) is 45.2 Å². The number of unbranched alkanes of at least 4 members (excludes halogenated alkanes) is 3. The number of nitrogens with two attached hydrogens (primary N) is 2. The highest BCUT2D eigenvalue weighted by Gasteiger charge is 2.06. The number of phenolic OH excluding ortho intramolecular Hbond substituents is 1. The fourth-order valence-corrected chi connectivity index (χ4v) is 1.90. The van der Waals surface area contributed by atoms with E-state index in [0.717, 1.165) is 24.0 Å². The van der Waals surface area contributed by atoms with Crippen LogP contribution in [-0.2, 0) is 0 Å². The Morgan fingerprint density at radius 1 is 1.22 bits per heavy atom. The summed E-state index contributed by atoms with van der Waals surface area (Å²) in [5, 5.41) is 9.72. The number of rotatable bonds is 7. The smallest absolute Gasteiger partial charge is 0.122 e. The van der Waals surface area contributed by atoms with E-state index in [1.165, 1.54) is 19.3 Å². The van der Waals surface area contributed by atoms with E-state index in [4.69, 9.17) is 11.5 Å². The lowest BCUT2D eigenvalue weighted by atomic mass is 10.0. The molecule has 0 heterocycles. The Morgan fingerprint density at radius 3 is 2.56 bits per heavy atom. The van der Waals surface area contributed by atoms with Gasteiger partial charge in [0.2, 0.25) is 0 Å². The maximum Gasteiger partial charge on any atom is 0.122 e. The van der Waals surface area contributed by atoms with Crippen LogP contribution in [0.5, 0.6) is 5.75 Å². The van der Waals surface area contributed by atoms with E-state index in [0.29, 0.717) is 0 Å². The van der Waals surface area contributed by atoms with Crippen LogP contribution in [0.4, 0.5) is 0 Å². The Labute approximate surface area is 110 Å². The highest BCUT2D eigenvalue weighted by atomic mass is 16.3. The van der Waals surface area contributed by atoms with Gasteiger partial charge in [-0.25, -0.2) is 0 Å². The second-order valence-corrected chi connectivity index (χ2v) is 4.61. The maximum absolute atomic E-state index is 9.72. The van der Waals surface area contributed by atoms with E-state index >= 15 is 0 Å². The number of hydrogen-bond donors (Lipinski definition) is 3. The van der Waals surface area contributed by atoms with Crippen molar-refractivity contribution in [1.82, 2.24) is 0 Å². The van der Waals surface area contributed by atoms with Crippen LogP contribution in [0.2, 0.25) is 0 Å². The van der Waals surface area contributed by atoms with Gasteiger partial charge in [0.1, 0.15) is 5.75 Å². The number of hydrogen-bond acceptors (Lipinski definition) is 3. The van der Waals surface area contributed by atoms with Crippen LogP contribution in [0, 0.1) is 0 Å². The molecule has 0 unspecified atom stereocenters. The molecular formula is C15H24N2O. The van der Waals surface area contributed by atoms with Gasteiger partial charge >= 0.3 is 0 Å². The van der Waals surface area contributed by atoms with Crippen molar-refractivity contribution in [1.29, 1.82) is 0 Å². The quantitative estimate of drug-likeness (QED) is 0.513. The molecule has 3 nitrogen and oxygen atoms in total. The van der Waals surface area contributed by atoms with Crippen molar-refractivity contribution in [3.05, 3.63) is 35.4 Å². The maximum atomic E-state index is 9.72. The third kappa shape index (κ3) is 4.90. The Hall–Kier alpha value is -1.32. The van der Waals surface area contributed by atoms with Crippen LogP contribution < -0.4 is 11.5 Å². The molecule has 100 valence electrons. The lowest BCUT2D eigenvalue weighted by molar-refractivity contribution is 0.474. The van der Waals surface area contributed by atoms with Crippen molar-refractivity contribution >= 4 is 6.08 Å². The minimum absolute atomic E-state index is 0.268. The molecule has 0 fully saturated rings. The largest absolute Gasteiger partial charge is 0.507 e. The molecule has 0 spiro atoms. The zero-order valence-corrected chi connectivity index (χ0v) is 11.1. The fourth-order valence-electron chi connectivity index (χ4n) is 1.90. The Morgan fingerprint density at radius 2 is 1.94 bits per heavy atom. The van der Waals surface area contributed by atoms with Gasteiger partial charge in [0.05, 0.1) is 6.17 Å². The SMILES string of the molecule is CCCCCCC(=Cc1ccccc1O)C(N)N. The van der Waals surface area contributed by atoms with E-state index in [-0.39, 0.29) is 5.75 Å². The fraction of sp³-hybridized carbons (Fsp3) is 0.467. The molecule has 0 amide bonds. The monoisotopic (exact) mass is 248 g/mol. The van der Waals surface area contributed by atoms with Crippen LogP contribution in [0.15, 0.2) is 29.8 Å². The van der Waals surface area contributed by atoms with Crippen LogP contribution >= 0.6 is 0 Å². The third-order valence-corrected chi connectivity index (χ3v) is 3.02. The first-order chi connectivity index (χ1) is 8.65. The standard InChI is InChI=1S/C15H24N2O/c1-2-3-4-5-9-13(15(16)17)11-12-8-6-7-10-14(12)18/h6-8,10-11,15,18H,2-5,9,16-17H2,1H3. The molecule has 5 N–H and O–H groups in total. The van der Waals surface area contributed by atoms with Gasteiger partial charge in [-0.1, -0.05) is 44.4 Å². The first-order valence-electron chi connectivity index (χ1n) is 6.64. The topological polar surface area (TPSA) is 72.3 Å². The lowest BCUT2D eigenvalue weighted by Crippen LogP contribution is -2.32. The Balaban J connectivity index is 2.69. The zero-order chi connectivity index (χ0) is 13.4. The van der Waals surface area contributed by atoms with Crippen LogP contribution in [-0.4, -0.2) is 11.3 Å². The number of aromatic hydroxyl groups is 1. The second kappa shape index (κ2) is 7.90. The van der Waals surface area contributed by atoms with E-state index < -0.39 is 6.17 Å². The predicted molar refractivity (Wildman–Crippen MR) is 77.0 cm³/mol. The summed E-state index contributed by atoms with van der Waals surface area (Å²) in [4.78, 5) is 0. The summed E-state index contributed by atoms with van der Waals surface area (Å²) in [6.07, 6.45) is 7.10. The molecular weight excluding hydrogens is 224 g/mol. The van der Waals surface area contributed by atoms with E-state index in [1.807, 2.05) is 18.2 Å². The van der Waals surface area contributed by atoms with Crippen molar-refractivity contribution in [3.63, 3.8) is 0 Å². The van der Waals surface area contributed by atoms with Gasteiger partial charge in [0.15, 0.2) is 0 Å². The summed E-state index contributed by atoms with van der Waals surface area (Å²) in [7, 11) is 0. The zero-order valence-electron chi connectivity index (χ0n) is 11.1. The summed E-state index contributed by atoms with van der Waals surface area (Å²) in [6.45, 7) is 2.19. The van der Waals surface area contributed by atoms with Crippen molar-refractivity contribution in [2.75, 3.05) is 0 Å². The van der Waals surface area contributed by atoms with Crippen LogP contribution in [0.3, 0.4) is 0 Å². The van der Waals surface area contributed by atoms with Gasteiger partial charge in [0.25, 0.3) is 0 Å². The molecule has 0 saturated heterocycles. The molecule has 0 aliphatic heterocycles. The Kier molecular flexibility index (Phi) is 6.47. The molecule has 3 heteroatoms. The molecule has 1 rings (SSSR count). The molecule has 18 heavy (non-hydrogen) atoms. The Bertz CT molecular complexity index is 386. The van der Waals surface area contributed by atoms with Gasteiger partial charge in [0, 0.05) is 5.56 Å². The molecule has 0 radical (unpaired) electrons. The molecule has 0 saturated carbocycles. The van der Waals surface area contributed by atoms with E-state index in [9.17, 15) is 5.11 Å². The van der Waals surface area contributed by atoms with Gasteiger partial charge in [-0.05, 0) is 30.6 Å². The van der Waals surface area contributed by atoms with Crippen molar-refractivity contribution in [3.8, 4) is 5.75 Å². The molecule has 0 aliphatic rings. The highest BCUT2D eigenvalue weighted by molar-refractivity contribution is 5.59. The van der Waals surface area contributed by atoms with E-state index in [1.54, 1.807) is 12.1 Å². The predicted octanol–water partition coefficient (Wildman–Crippen LogP) is 2.99. The third-order valence-electron chi connectivity index (χ3n) is 3.02. The van der Waals surface area contributed by atoms with Gasteiger partial charge < -0.3 is 16.6 Å². The lowest BCUT2D eigenvalue weighted by Gasteiger charge is -2.12. The first kappa shape index (κ1) is 14.7. The number of para-hydroxylation sites is 1. The van der Waals surface area contributed by atoms with Crippen molar-refractivity contribution < 1.29 is 5.11 Å². The molecule has 1 aromatic carbocycles. The molecule has 0 bridgehead atoms.